The highest BCUT2D eigenvalue weighted by Crippen LogP contribution is 2.18. The van der Waals surface area contributed by atoms with Gasteiger partial charge in [-0.05, 0) is 29.2 Å². The van der Waals surface area contributed by atoms with Gasteiger partial charge in [0.15, 0.2) is 0 Å². The van der Waals surface area contributed by atoms with Gasteiger partial charge < -0.3 is 11.1 Å². The molecule has 3 heteroatoms. The van der Waals surface area contributed by atoms with Crippen molar-refractivity contribution in [2.45, 2.75) is 32.7 Å². The average molecular weight is 284 g/mol. The van der Waals surface area contributed by atoms with E-state index >= 15 is 0 Å². The van der Waals surface area contributed by atoms with Crippen LogP contribution in [0.2, 0.25) is 0 Å². The van der Waals surface area contributed by atoms with Gasteiger partial charge in [-0.25, -0.2) is 0 Å². The van der Waals surface area contributed by atoms with E-state index in [0.29, 0.717) is 18.9 Å². The number of carbonyl (C=O) groups is 1. The third kappa shape index (κ3) is 3.61. The maximum atomic E-state index is 12.3. The Hall–Kier alpha value is -1.87. The number of rotatable bonds is 5. The van der Waals surface area contributed by atoms with E-state index in [2.05, 4.69) is 43.4 Å². The lowest BCUT2D eigenvalue weighted by molar-refractivity contribution is -0.122. The Morgan fingerprint density at radius 2 is 1.86 bits per heavy atom. The van der Waals surface area contributed by atoms with Gasteiger partial charge in [0.05, 0.1) is 12.0 Å². The first-order valence-corrected chi connectivity index (χ1v) is 7.43. The fourth-order valence-electron chi connectivity index (χ4n) is 2.33. The Bertz CT molecular complexity index is 636. The van der Waals surface area contributed by atoms with Gasteiger partial charge in [-0.2, -0.15) is 0 Å². The number of hydrogen-bond acceptors (Lipinski definition) is 2. The standard InChI is InChI=1S/C18H24N2O/c1-13(2)18(3,12-19)20-17(21)11-14-8-9-15-6-4-5-7-16(15)10-14/h4-10,13H,11-12,19H2,1-3H3,(H,20,21). The summed E-state index contributed by atoms with van der Waals surface area (Å²) in [7, 11) is 0. The van der Waals surface area contributed by atoms with Crippen LogP contribution in [-0.4, -0.2) is 18.0 Å². The molecule has 0 saturated carbocycles. The summed E-state index contributed by atoms with van der Waals surface area (Å²) in [5.74, 6) is 0.315. The molecule has 2 aromatic carbocycles. The maximum absolute atomic E-state index is 12.3. The molecule has 0 fully saturated rings. The minimum atomic E-state index is -0.353. The van der Waals surface area contributed by atoms with E-state index in [4.69, 9.17) is 5.73 Å². The maximum Gasteiger partial charge on any atom is 0.224 e. The molecule has 0 bridgehead atoms. The first kappa shape index (κ1) is 15.5. The van der Waals surface area contributed by atoms with Gasteiger partial charge in [0.25, 0.3) is 0 Å². The molecule has 112 valence electrons. The van der Waals surface area contributed by atoms with Crippen molar-refractivity contribution in [3.63, 3.8) is 0 Å². The van der Waals surface area contributed by atoms with Crippen molar-refractivity contribution in [1.29, 1.82) is 0 Å². The van der Waals surface area contributed by atoms with E-state index in [1.165, 1.54) is 5.39 Å². The summed E-state index contributed by atoms with van der Waals surface area (Å²) in [6.45, 7) is 6.58. The molecule has 0 spiro atoms. The second kappa shape index (κ2) is 6.27. The topological polar surface area (TPSA) is 55.1 Å². The number of benzene rings is 2. The summed E-state index contributed by atoms with van der Waals surface area (Å²) in [5, 5.41) is 5.43. The van der Waals surface area contributed by atoms with Crippen molar-refractivity contribution in [2.75, 3.05) is 6.54 Å². The molecule has 0 aromatic heterocycles. The van der Waals surface area contributed by atoms with Crippen LogP contribution in [-0.2, 0) is 11.2 Å². The molecule has 3 N–H and O–H groups in total. The molecule has 2 aromatic rings. The summed E-state index contributed by atoms with van der Waals surface area (Å²) in [6.07, 6.45) is 0.382. The van der Waals surface area contributed by atoms with Gasteiger partial charge in [-0.3, -0.25) is 4.79 Å². The highest BCUT2D eigenvalue weighted by molar-refractivity contribution is 5.85. The molecule has 3 nitrogen and oxygen atoms in total. The van der Waals surface area contributed by atoms with Crippen LogP contribution in [0.3, 0.4) is 0 Å². The zero-order valence-corrected chi connectivity index (χ0v) is 13.0. The van der Waals surface area contributed by atoms with Crippen molar-refractivity contribution < 1.29 is 4.79 Å². The van der Waals surface area contributed by atoms with Gasteiger partial charge in [-0.1, -0.05) is 56.3 Å². The van der Waals surface area contributed by atoms with E-state index in [1.54, 1.807) is 0 Å². The lowest BCUT2D eigenvalue weighted by Gasteiger charge is -2.33. The summed E-state index contributed by atoms with van der Waals surface area (Å²) in [6, 6.07) is 14.3. The molecule has 0 aliphatic heterocycles. The molecule has 1 atom stereocenters. The normalized spacial score (nSPS) is 14.1. The Morgan fingerprint density at radius 1 is 1.19 bits per heavy atom. The Labute approximate surface area is 126 Å². The minimum absolute atomic E-state index is 0.0203. The van der Waals surface area contributed by atoms with Crippen LogP contribution in [0.5, 0.6) is 0 Å². The summed E-state index contributed by atoms with van der Waals surface area (Å²) >= 11 is 0. The van der Waals surface area contributed by atoms with Gasteiger partial charge in [0, 0.05) is 6.54 Å². The van der Waals surface area contributed by atoms with Crippen LogP contribution in [0.4, 0.5) is 0 Å². The fraction of sp³-hybridized carbons (Fsp3) is 0.389. The van der Waals surface area contributed by atoms with Gasteiger partial charge in [-0.15, -0.1) is 0 Å². The van der Waals surface area contributed by atoms with Crippen molar-refractivity contribution in [1.82, 2.24) is 5.32 Å². The molecular formula is C18H24N2O. The Kier molecular flexibility index (Phi) is 4.63. The highest BCUT2D eigenvalue weighted by atomic mass is 16.1. The van der Waals surface area contributed by atoms with Crippen LogP contribution in [0, 0.1) is 5.92 Å². The molecule has 21 heavy (non-hydrogen) atoms. The average Bonchev–Trinajstić information content (AvgIpc) is 2.46. The van der Waals surface area contributed by atoms with Crippen LogP contribution in [0.1, 0.15) is 26.3 Å². The van der Waals surface area contributed by atoms with Crippen molar-refractivity contribution in [3.8, 4) is 0 Å². The lowest BCUT2D eigenvalue weighted by Crippen LogP contribution is -2.55. The summed E-state index contributed by atoms with van der Waals surface area (Å²) in [4.78, 5) is 12.3. The van der Waals surface area contributed by atoms with Crippen LogP contribution in [0.25, 0.3) is 10.8 Å². The second-order valence-corrected chi connectivity index (χ2v) is 6.18. The SMILES string of the molecule is CC(C)C(C)(CN)NC(=O)Cc1ccc2ccccc2c1. The molecule has 0 aliphatic rings. The van der Waals surface area contributed by atoms with Gasteiger partial charge in [0.1, 0.15) is 0 Å². The lowest BCUT2D eigenvalue weighted by atomic mass is 9.88. The fourth-order valence-corrected chi connectivity index (χ4v) is 2.33. The van der Waals surface area contributed by atoms with Crippen molar-refractivity contribution in [3.05, 3.63) is 48.0 Å². The smallest absolute Gasteiger partial charge is 0.224 e. The van der Waals surface area contributed by atoms with Crippen LogP contribution >= 0.6 is 0 Å². The third-order valence-electron chi connectivity index (χ3n) is 4.30. The van der Waals surface area contributed by atoms with Gasteiger partial charge >= 0.3 is 0 Å². The van der Waals surface area contributed by atoms with Gasteiger partial charge in [0.2, 0.25) is 5.91 Å². The van der Waals surface area contributed by atoms with E-state index < -0.39 is 0 Å². The Morgan fingerprint density at radius 3 is 2.48 bits per heavy atom. The highest BCUT2D eigenvalue weighted by Gasteiger charge is 2.28. The Balaban J connectivity index is 2.11. The number of hydrogen-bond donors (Lipinski definition) is 2. The summed E-state index contributed by atoms with van der Waals surface area (Å²) < 4.78 is 0. The zero-order valence-electron chi connectivity index (χ0n) is 13.0. The predicted octanol–water partition coefficient (Wildman–Crippen LogP) is 2.87. The van der Waals surface area contributed by atoms with Crippen molar-refractivity contribution in [2.24, 2.45) is 11.7 Å². The number of nitrogens with two attached hydrogens (primary N) is 1. The molecule has 0 aliphatic carbocycles. The largest absolute Gasteiger partial charge is 0.349 e. The van der Waals surface area contributed by atoms with Crippen LogP contribution < -0.4 is 11.1 Å². The zero-order chi connectivity index (χ0) is 15.5. The first-order chi connectivity index (χ1) is 9.94. The molecule has 1 unspecified atom stereocenters. The summed E-state index contributed by atoms with van der Waals surface area (Å²) in [5.41, 5.74) is 6.48. The van der Waals surface area contributed by atoms with E-state index in [1.807, 2.05) is 25.1 Å². The second-order valence-electron chi connectivity index (χ2n) is 6.18. The predicted molar refractivity (Wildman–Crippen MR) is 88.1 cm³/mol. The third-order valence-corrected chi connectivity index (χ3v) is 4.30. The number of amides is 1. The number of nitrogens with one attached hydrogen (secondary N) is 1. The first-order valence-electron chi connectivity index (χ1n) is 7.43. The molecule has 2 rings (SSSR count). The van der Waals surface area contributed by atoms with E-state index in [9.17, 15) is 4.79 Å². The molecule has 1 amide bonds. The molecule has 0 radical (unpaired) electrons. The molecular weight excluding hydrogens is 260 g/mol. The molecule has 0 saturated heterocycles. The van der Waals surface area contributed by atoms with Crippen molar-refractivity contribution >= 4 is 16.7 Å². The minimum Gasteiger partial charge on any atom is -0.349 e. The van der Waals surface area contributed by atoms with Crippen LogP contribution in [0.15, 0.2) is 42.5 Å². The van der Waals surface area contributed by atoms with E-state index in [0.717, 1.165) is 10.9 Å². The number of carbonyl (C=O) groups excluding carboxylic acids is 1. The van der Waals surface area contributed by atoms with E-state index in [-0.39, 0.29) is 11.4 Å². The monoisotopic (exact) mass is 284 g/mol. The number of fused-ring (bicyclic) bond motifs is 1. The molecule has 0 heterocycles. The quantitative estimate of drug-likeness (QED) is 0.887.